The van der Waals surface area contributed by atoms with Gasteiger partial charge in [0.25, 0.3) is 0 Å². The zero-order valence-corrected chi connectivity index (χ0v) is 12.9. The van der Waals surface area contributed by atoms with Gasteiger partial charge in [-0.25, -0.2) is 8.42 Å². The molecule has 0 aromatic heterocycles. The van der Waals surface area contributed by atoms with Crippen LogP contribution in [-0.4, -0.2) is 32.7 Å². The van der Waals surface area contributed by atoms with Gasteiger partial charge < -0.3 is 11.1 Å². The molecular weight excluding hydrogens is 290 g/mol. The van der Waals surface area contributed by atoms with E-state index in [9.17, 15) is 13.2 Å². The van der Waals surface area contributed by atoms with Gasteiger partial charge in [-0.2, -0.15) is 5.26 Å². The highest BCUT2D eigenvalue weighted by Gasteiger charge is 2.20. The molecule has 1 rings (SSSR count). The summed E-state index contributed by atoms with van der Waals surface area (Å²) in [5.41, 5.74) is 5.65. The van der Waals surface area contributed by atoms with Crippen LogP contribution in [0.5, 0.6) is 0 Å². The standard InChI is InChI=1S/C14H19N3O3S/c1-10(2)13(14(16)18)17-7-8-21(19,20)12-5-3-11(9-15)4-6-12/h3-6,10,13,17H,7-8H2,1-2H3,(H2,16,18). The summed E-state index contributed by atoms with van der Waals surface area (Å²) < 4.78 is 24.2. The predicted molar refractivity (Wildman–Crippen MR) is 79.0 cm³/mol. The second-order valence-corrected chi connectivity index (χ2v) is 7.14. The molecule has 3 N–H and O–H groups in total. The van der Waals surface area contributed by atoms with Gasteiger partial charge in [0.15, 0.2) is 9.84 Å². The Labute approximate surface area is 124 Å². The molecule has 1 unspecified atom stereocenters. The van der Waals surface area contributed by atoms with Gasteiger partial charge >= 0.3 is 0 Å². The minimum Gasteiger partial charge on any atom is -0.368 e. The summed E-state index contributed by atoms with van der Waals surface area (Å²) in [6.45, 7) is 3.79. The van der Waals surface area contributed by atoms with Crippen LogP contribution in [0, 0.1) is 17.2 Å². The van der Waals surface area contributed by atoms with Crippen molar-refractivity contribution < 1.29 is 13.2 Å². The van der Waals surface area contributed by atoms with Crippen LogP contribution >= 0.6 is 0 Å². The first-order valence-electron chi connectivity index (χ1n) is 6.53. The summed E-state index contributed by atoms with van der Waals surface area (Å²) in [6.07, 6.45) is 0. The van der Waals surface area contributed by atoms with Crippen LogP contribution < -0.4 is 11.1 Å². The molecule has 0 saturated carbocycles. The summed E-state index contributed by atoms with van der Waals surface area (Å²) in [7, 11) is -3.46. The van der Waals surface area contributed by atoms with Crippen LogP contribution in [0.25, 0.3) is 0 Å². The van der Waals surface area contributed by atoms with E-state index in [0.29, 0.717) is 5.56 Å². The first-order valence-corrected chi connectivity index (χ1v) is 8.19. The second-order valence-electron chi connectivity index (χ2n) is 5.03. The Balaban J connectivity index is 2.69. The number of hydrogen-bond donors (Lipinski definition) is 2. The maximum absolute atomic E-state index is 12.1. The summed E-state index contributed by atoms with van der Waals surface area (Å²) >= 11 is 0. The number of nitrogens with one attached hydrogen (secondary N) is 1. The number of nitriles is 1. The summed E-state index contributed by atoms with van der Waals surface area (Å²) in [4.78, 5) is 11.4. The number of nitrogens with two attached hydrogens (primary N) is 1. The molecule has 1 atom stereocenters. The van der Waals surface area contributed by atoms with Crippen LogP contribution in [0.15, 0.2) is 29.2 Å². The average molecular weight is 309 g/mol. The molecule has 0 saturated heterocycles. The summed E-state index contributed by atoms with van der Waals surface area (Å²) in [5, 5.41) is 11.5. The first-order chi connectivity index (χ1) is 9.77. The van der Waals surface area contributed by atoms with Crippen molar-refractivity contribution in [3.8, 4) is 6.07 Å². The van der Waals surface area contributed by atoms with Gasteiger partial charge in [-0.05, 0) is 30.2 Å². The molecule has 0 aliphatic heterocycles. The van der Waals surface area contributed by atoms with Crippen molar-refractivity contribution in [3.05, 3.63) is 29.8 Å². The van der Waals surface area contributed by atoms with Gasteiger partial charge in [-0.1, -0.05) is 13.8 Å². The SMILES string of the molecule is CC(C)C(NCCS(=O)(=O)c1ccc(C#N)cc1)C(N)=O. The monoisotopic (exact) mass is 309 g/mol. The molecule has 0 aliphatic carbocycles. The Morgan fingerprint density at radius 3 is 2.33 bits per heavy atom. The lowest BCUT2D eigenvalue weighted by atomic mass is 10.0. The predicted octanol–water partition coefficient (Wildman–Crippen LogP) is 0.431. The lowest BCUT2D eigenvalue weighted by Crippen LogP contribution is -2.46. The van der Waals surface area contributed by atoms with Crippen LogP contribution in [0.2, 0.25) is 0 Å². The molecule has 6 nitrogen and oxygen atoms in total. The van der Waals surface area contributed by atoms with Crippen LogP contribution in [0.4, 0.5) is 0 Å². The minimum atomic E-state index is -3.46. The number of primary amides is 1. The number of rotatable bonds is 7. The van der Waals surface area contributed by atoms with E-state index in [1.54, 1.807) is 0 Å². The van der Waals surface area contributed by atoms with Crippen molar-refractivity contribution in [1.29, 1.82) is 5.26 Å². The maximum atomic E-state index is 12.1. The normalized spacial score (nSPS) is 12.9. The Hall–Kier alpha value is -1.91. The molecule has 1 aromatic carbocycles. The minimum absolute atomic E-state index is 0.0138. The van der Waals surface area contributed by atoms with E-state index in [-0.39, 0.29) is 23.1 Å². The van der Waals surface area contributed by atoms with Crippen LogP contribution in [0.3, 0.4) is 0 Å². The molecule has 0 heterocycles. The lowest BCUT2D eigenvalue weighted by Gasteiger charge is -2.18. The zero-order chi connectivity index (χ0) is 16.0. The maximum Gasteiger partial charge on any atom is 0.234 e. The first kappa shape index (κ1) is 17.1. The second kappa shape index (κ2) is 7.20. The van der Waals surface area contributed by atoms with E-state index in [1.807, 2.05) is 19.9 Å². The molecular formula is C14H19N3O3S. The molecule has 1 amide bonds. The number of benzene rings is 1. The zero-order valence-electron chi connectivity index (χ0n) is 12.0. The van der Waals surface area contributed by atoms with E-state index in [1.165, 1.54) is 24.3 Å². The number of carbonyl (C=O) groups is 1. The van der Waals surface area contributed by atoms with Crippen LogP contribution in [0.1, 0.15) is 19.4 Å². The number of sulfone groups is 1. The molecule has 0 radical (unpaired) electrons. The Bertz CT molecular complexity index is 630. The quantitative estimate of drug-likeness (QED) is 0.758. The summed E-state index contributed by atoms with van der Waals surface area (Å²) in [6, 6.07) is 7.10. The fraction of sp³-hybridized carbons (Fsp3) is 0.429. The Morgan fingerprint density at radius 1 is 1.33 bits per heavy atom. The Morgan fingerprint density at radius 2 is 1.90 bits per heavy atom. The smallest absolute Gasteiger partial charge is 0.234 e. The van der Waals surface area contributed by atoms with Crippen molar-refractivity contribution in [3.63, 3.8) is 0 Å². The number of amides is 1. The van der Waals surface area contributed by atoms with Gasteiger partial charge in [0.2, 0.25) is 5.91 Å². The molecule has 0 spiro atoms. The third kappa shape index (κ3) is 4.85. The number of carbonyl (C=O) groups excluding carboxylic acids is 1. The molecule has 0 fully saturated rings. The number of nitrogens with zero attached hydrogens (tertiary/aromatic N) is 1. The van der Waals surface area contributed by atoms with E-state index in [2.05, 4.69) is 5.32 Å². The molecule has 0 bridgehead atoms. The van der Waals surface area contributed by atoms with Crippen molar-refractivity contribution in [2.75, 3.05) is 12.3 Å². The van der Waals surface area contributed by atoms with Gasteiger partial charge in [0, 0.05) is 6.54 Å². The molecule has 1 aromatic rings. The van der Waals surface area contributed by atoms with Gasteiger partial charge in [-0.15, -0.1) is 0 Å². The molecule has 21 heavy (non-hydrogen) atoms. The van der Waals surface area contributed by atoms with E-state index in [0.717, 1.165) is 0 Å². The molecule has 7 heteroatoms. The van der Waals surface area contributed by atoms with E-state index >= 15 is 0 Å². The van der Waals surface area contributed by atoms with Gasteiger partial charge in [0.1, 0.15) is 0 Å². The summed E-state index contributed by atoms with van der Waals surface area (Å²) in [5.74, 6) is -0.657. The van der Waals surface area contributed by atoms with E-state index in [4.69, 9.17) is 11.0 Å². The van der Waals surface area contributed by atoms with Crippen molar-refractivity contribution in [2.24, 2.45) is 11.7 Å². The Kier molecular flexibility index (Phi) is 5.88. The third-order valence-corrected chi connectivity index (χ3v) is 4.78. The fourth-order valence-electron chi connectivity index (χ4n) is 1.87. The highest BCUT2D eigenvalue weighted by Crippen LogP contribution is 2.12. The van der Waals surface area contributed by atoms with Gasteiger partial charge in [0.05, 0.1) is 28.3 Å². The highest BCUT2D eigenvalue weighted by molar-refractivity contribution is 7.91. The van der Waals surface area contributed by atoms with Gasteiger partial charge in [-0.3, -0.25) is 4.79 Å². The average Bonchev–Trinajstić information content (AvgIpc) is 2.42. The van der Waals surface area contributed by atoms with Crippen molar-refractivity contribution in [2.45, 2.75) is 24.8 Å². The van der Waals surface area contributed by atoms with E-state index < -0.39 is 21.8 Å². The largest absolute Gasteiger partial charge is 0.368 e. The molecule has 0 aliphatic rings. The van der Waals surface area contributed by atoms with Crippen molar-refractivity contribution in [1.82, 2.24) is 5.32 Å². The highest BCUT2D eigenvalue weighted by atomic mass is 32.2. The van der Waals surface area contributed by atoms with Crippen LogP contribution in [-0.2, 0) is 14.6 Å². The topological polar surface area (TPSA) is 113 Å². The van der Waals surface area contributed by atoms with Crippen molar-refractivity contribution >= 4 is 15.7 Å². The third-order valence-electron chi connectivity index (χ3n) is 3.05. The lowest BCUT2D eigenvalue weighted by molar-refractivity contribution is -0.120. The molecule has 114 valence electrons. The number of hydrogen-bond acceptors (Lipinski definition) is 5. The fourth-order valence-corrected chi connectivity index (χ4v) is 3.04.